The molecule has 0 aliphatic heterocycles. The molecule has 0 amide bonds. The van der Waals surface area contributed by atoms with Crippen molar-refractivity contribution in [3.8, 4) is 11.5 Å². The van der Waals surface area contributed by atoms with Gasteiger partial charge in [0.25, 0.3) is 0 Å². The summed E-state index contributed by atoms with van der Waals surface area (Å²) < 4.78 is 12.4. The molecule has 0 radical (unpaired) electrons. The van der Waals surface area contributed by atoms with Crippen LogP contribution in [0.15, 0.2) is 24.7 Å². The summed E-state index contributed by atoms with van der Waals surface area (Å²) in [6.07, 6.45) is 2.51. The van der Waals surface area contributed by atoms with Crippen LogP contribution in [0, 0.1) is 5.82 Å². The van der Waals surface area contributed by atoms with E-state index in [1.807, 2.05) is 0 Å². The van der Waals surface area contributed by atoms with Gasteiger partial charge in [-0.25, -0.2) is 14.4 Å². The first-order valence-corrected chi connectivity index (χ1v) is 3.33. The first kappa shape index (κ1) is 6.90. The number of hydrogen-bond acceptors (Lipinski definition) is 3. The van der Waals surface area contributed by atoms with Crippen molar-refractivity contribution in [1.29, 1.82) is 0 Å². The van der Waals surface area contributed by atoms with Crippen molar-refractivity contribution in [3.05, 3.63) is 30.5 Å². The van der Waals surface area contributed by atoms with Crippen LogP contribution in [0.3, 0.4) is 0 Å². The van der Waals surface area contributed by atoms with Gasteiger partial charge in [0.15, 0.2) is 5.82 Å². The molecule has 0 aromatic carbocycles. The minimum atomic E-state index is -0.363. The lowest BCUT2D eigenvalue weighted by Crippen LogP contribution is -1.86. The van der Waals surface area contributed by atoms with Gasteiger partial charge in [-0.15, -0.1) is 0 Å². The highest BCUT2D eigenvalue weighted by Crippen LogP contribution is 2.09. The van der Waals surface area contributed by atoms with Gasteiger partial charge in [-0.2, -0.15) is 5.10 Å². The number of rotatable bonds is 1. The van der Waals surface area contributed by atoms with E-state index >= 15 is 0 Å². The molecule has 1 N–H and O–H groups in total. The Bertz CT molecular complexity index is 353. The van der Waals surface area contributed by atoms with Crippen molar-refractivity contribution >= 4 is 0 Å². The third kappa shape index (κ3) is 1.16. The lowest BCUT2D eigenvalue weighted by atomic mass is 10.3. The molecule has 0 saturated carbocycles. The fraction of sp³-hybridized carbons (Fsp3) is 0. The Morgan fingerprint density at radius 1 is 1.25 bits per heavy atom. The molecule has 4 nitrogen and oxygen atoms in total. The highest BCUT2D eigenvalue weighted by atomic mass is 19.1. The number of hydrogen-bond donors (Lipinski definition) is 1. The van der Waals surface area contributed by atoms with Crippen molar-refractivity contribution in [3.63, 3.8) is 0 Å². The molecule has 2 rings (SSSR count). The van der Waals surface area contributed by atoms with Gasteiger partial charge in [0, 0.05) is 0 Å². The predicted molar refractivity (Wildman–Crippen MR) is 39.6 cm³/mol. The topological polar surface area (TPSA) is 54.5 Å². The fourth-order valence-electron chi connectivity index (χ4n) is 0.845. The number of aromatic nitrogens is 4. The van der Waals surface area contributed by atoms with Gasteiger partial charge in [-0.1, -0.05) is 0 Å². The van der Waals surface area contributed by atoms with Crippen LogP contribution in [0.1, 0.15) is 0 Å². The van der Waals surface area contributed by atoms with Crippen LogP contribution >= 0.6 is 0 Å². The third-order valence-electron chi connectivity index (χ3n) is 1.39. The first-order chi connectivity index (χ1) is 5.86. The molecule has 0 aliphatic carbocycles. The lowest BCUT2D eigenvalue weighted by molar-refractivity contribution is 0.621. The van der Waals surface area contributed by atoms with Gasteiger partial charge in [0.2, 0.25) is 0 Å². The van der Waals surface area contributed by atoms with Crippen LogP contribution in [0.5, 0.6) is 0 Å². The maximum Gasteiger partial charge on any atom is 0.174 e. The summed E-state index contributed by atoms with van der Waals surface area (Å²) >= 11 is 0. The molecule has 0 spiro atoms. The van der Waals surface area contributed by atoms with Crippen molar-refractivity contribution in [2.45, 2.75) is 0 Å². The molecule has 0 unspecified atom stereocenters. The summed E-state index contributed by atoms with van der Waals surface area (Å²) in [5.74, 6) is 0.174. The summed E-state index contributed by atoms with van der Waals surface area (Å²) in [6.45, 7) is 0. The summed E-state index contributed by atoms with van der Waals surface area (Å²) in [5.41, 5.74) is 0.578. The normalized spacial score (nSPS) is 10.1. The van der Waals surface area contributed by atoms with Crippen LogP contribution in [-0.4, -0.2) is 20.2 Å². The van der Waals surface area contributed by atoms with E-state index in [-0.39, 0.29) is 5.82 Å². The van der Waals surface area contributed by atoms with E-state index in [1.165, 1.54) is 18.5 Å². The molecule has 60 valence electrons. The molecular formula is C7H5FN4. The van der Waals surface area contributed by atoms with Crippen molar-refractivity contribution < 1.29 is 4.39 Å². The zero-order valence-electron chi connectivity index (χ0n) is 6.03. The second-order valence-electron chi connectivity index (χ2n) is 2.20. The van der Waals surface area contributed by atoms with E-state index in [9.17, 15) is 4.39 Å². The number of aromatic amines is 1. The zero-order chi connectivity index (χ0) is 8.39. The van der Waals surface area contributed by atoms with E-state index in [4.69, 9.17) is 0 Å². The van der Waals surface area contributed by atoms with Crippen molar-refractivity contribution in [2.24, 2.45) is 0 Å². The van der Waals surface area contributed by atoms with Crippen LogP contribution in [0.4, 0.5) is 4.39 Å². The Balaban J connectivity index is 2.43. The highest BCUT2D eigenvalue weighted by Gasteiger charge is 2.00. The molecular weight excluding hydrogens is 159 g/mol. The predicted octanol–water partition coefficient (Wildman–Crippen LogP) is 1.01. The Labute approximate surface area is 67.5 Å². The fourth-order valence-corrected chi connectivity index (χ4v) is 0.845. The quantitative estimate of drug-likeness (QED) is 0.684. The van der Waals surface area contributed by atoms with E-state index in [0.717, 1.165) is 6.20 Å². The van der Waals surface area contributed by atoms with Crippen LogP contribution < -0.4 is 0 Å². The maximum absolute atomic E-state index is 12.4. The molecule has 2 heterocycles. The standard InChI is InChI=1S/C7H5FN4/c8-5-1-2-6(9-3-5)7-10-4-11-12-7/h1-4H,(H,10,11,12). The van der Waals surface area contributed by atoms with Gasteiger partial charge in [-0.3, -0.25) is 5.10 Å². The van der Waals surface area contributed by atoms with Gasteiger partial charge in [-0.05, 0) is 12.1 Å². The monoisotopic (exact) mass is 164 g/mol. The van der Waals surface area contributed by atoms with Crippen molar-refractivity contribution in [1.82, 2.24) is 20.2 Å². The minimum absolute atomic E-state index is 0.363. The number of H-pyrrole nitrogens is 1. The third-order valence-corrected chi connectivity index (χ3v) is 1.39. The van der Waals surface area contributed by atoms with Gasteiger partial charge >= 0.3 is 0 Å². The highest BCUT2D eigenvalue weighted by molar-refractivity contribution is 5.46. The van der Waals surface area contributed by atoms with Gasteiger partial charge < -0.3 is 0 Å². The number of nitrogens with zero attached hydrogens (tertiary/aromatic N) is 3. The molecule has 0 bridgehead atoms. The van der Waals surface area contributed by atoms with Crippen molar-refractivity contribution in [2.75, 3.05) is 0 Å². The smallest absolute Gasteiger partial charge is 0.174 e. The molecule has 12 heavy (non-hydrogen) atoms. The molecule has 0 fully saturated rings. The summed E-state index contributed by atoms with van der Waals surface area (Å²) in [5, 5.41) is 6.28. The minimum Gasteiger partial charge on any atom is -0.258 e. The Kier molecular flexibility index (Phi) is 1.55. The lowest BCUT2D eigenvalue weighted by Gasteiger charge is -1.92. The number of halogens is 1. The molecule has 0 saturated heterocycles. The van der Waals surface area contributed by atoms with E-state index in [1.54, 1.807) is 0 Å². The number of nitrogens with one attached hydrogen (secondary N) is 1. The average Bonchev–Trinajstić information content (AvgIpc) is 2.58. The van der Waals surface area contributed by atoms with Crippen LogP contribution in [0.2, 0.25) is 0 Å². The van der Waals surface area contributed by atoms with Crippen LogP contribution in [-0.2, 0) is 0 Å². The zero-order valence-corrected chi connectivity index (χ0v) is 6.03. The van der Waals surface area contributed by atoms with E-state index in [2.05, 4.69) is 20.2 Å². The molecule has 0 atom stereocenters. The molecule has 5 heteroatoms. The number of pyridine rings is 1. The Morgan fingerprint density at radius 3 is 2.75 bits per heavy atom. The second kappa shape index (κ2) is 2.69. The summed E-state index contributed by atoms with van der Waals surface area (Å²) in [7, 11) is 0. The van der Waals surface area contributed by atoms with Crippen LogP contribution in [0.25, 0.3) is 11.5 Å². The van der Waals surface area contributed by atoms with E-state index < -0.39 is 0 Å². The largest absolute Gasteiger partial charge is 0.258 e. The molecule has 2 aromatic heterocycles. The first-order valence-electron chi connectivity index (χ1n) is 3.33. The maximum atomic E-state index is 12.4. The SMILES string of the molecule is Fc1ccc(-c2ncn[nH]2)nc1. The summed E-state index contributed by atoms with van der Waals surface area (Å²) in [6, 6.07) is 2.86. The molecule has 2 aromatic rings. The Hall–Kier alpha value is -1.78. The Morgan fingerprint density at radius 2 is 2.17 bits per heavy atom. The average molecular weight is 164 g/mol. The second-order valence-corrected chi connectivity index (χ2v) is 2.20. The molecule has 0 aliphatic rings. The van der Waals surface area contributed by atoms with Gasteiger partial charge in [0.1, 0.15) is 17.8 Å². The van der Waals surface area contributed by atoms with E-state index in [0.29, 0.717) is 11.5 Å². The summed E-state index contributed by atoms with van der Waals surface area (Å²) in [4.78, 5) is 7.68. The van der Waals surface area contributed by atoms with Gasteiger partial charge in [0.05, 0.1) is 6.20 Å².